The minimum absolute atomic E-state index is 0.0636. The Labute approximate surface area is 184 Å². The van der Waals surface area contributed by atoms with Gasteiger partial charge in [-0.25, -0.2) is 4.98 Å². The van der Waals surface area contributed by atoms with Crippen LogP contribution in [0.15, 0.2) is 47.1 Å². The van der Waals surface area contributed by atoms with Gasteiger partial charge in [-0.05, 0) is 24.5 Å². The number of anilines is 3. The minimum Gasteiger partial charge on any atom is -0.377 e. The van der Waals surface area contributed by atoms with Crippen LogP contribution in [0, 0.1) is 0 Å². The molecule has 2 aliphatic heterocycles. The fraction of sp³-hybridized carbons (Fsp3) is 0.364. The van der Waals surface area contributed by atoms with Crippen molar-refractivity contribution in [3.63, 3.8) is 0 Å². The Bertz CT molecular complexity index is 1090. The van der Waals surface area contributed by atoms with Crippen LogP contribution in [-0.4, -0.2) is 54.6 Å². The Balaban J connectivity index is 1.30. The second kappa shape index (κ2) is 8.24. The molecular formula is C22H23N5O3S. The molecule has 1 N–H and O–H groups in total. The maximum absolute atomic E-state index is 12.9. The van der Waals surface area contributed by atoms with Crippen molar-refractivity contribution in [3.8, 4) is 0 Å². The summed E-state index contributed by atoms with van der Waals surface area (Å²) in [5.74, 6) is -0.369. The van der Waals surface area contributed by atoms with Gasteiger partial charge in [0.15, 0.2) is 5.13 Å². The van der Waals surface area contributed by atoms with Gasteiger partial charge in [-0.15, -0.1) is 11.3 Å². The summed E-state index contributed by atoms with van der Waals surface area (Å²) in [6.45, 7) is 2.42. The summed E-state index contributed by atoms with van der Waals surface area (Å²) in [5, 5.41) is 5.16. The molecule has 8 nitrogen and oxygen atoms in total. The third-order valence-corrected chi connectivity index (χ3v) is 6.75. The van der Waals surface area contributed by atoms with Gasteiger partial charge in [-0.1, -0.05) is 12.2 Å². The molecule has 1 unspecified atom stereocenters. The minimum atomic E-state index is -0.306. The molecular weight excluding hydrogens is 414 g/mol. The zero-order valence-electron chi connectivity index (χ0n) is 17.2. The molecule has 2 aromatic rings. The molecule has 0 bridgehead atoms. The van der Waals surface area contributed by atoms with E-state index in [1.54, 1.807) is 29.8 Å². The van der Waals surface area contributed by atoms with Gasteiger partial charge in [0.1, 0.15) is 5.69 Å². The molecule has 5 rings (SSSR count). The number of thiazole rings is 1. The quantitative estimate of drug-likeness (QED) is 0.774. The van der Waals surface area contributed by atoms with Crippen molar-refractivity contribution >= 4 is 39.7 Å². The van der Waals surface area contributed by atoms with E-state index < -0.39 is 0 Å². The highest BCUT2D eigenvalue weighted by molar-refractivity contribution is 7.14. The molecule has 160 valence electrons. The normalized spacial score (nSPS) is 20.5. The van der Waals surface area contributed by atoms with Gasteiger partial charge in [0.25, 0.3) is 11.8 Å². The lowest BCUT2D eigenvalue weighted by molar-refractivity contribution is -0.114. The standard InChI is InChI=1S/C22H23N5O3S/c1-30-15-5-4-14-12-27(21(29)16(14)10-15)22-25-18(13-31-22)20(28)24-17-11-23-7-6-19(17)26-8-2-3-9-26/h4-7,11,13,15H,2-3,8-10,12H2,1H3,(H,24,28). The van der Waals surface area contributed by atoms with Crippen LogP contribution in [0.2, 0.25) is 0 Å². The number of carbonyl (C=O) groups excluding carboxylic acids is 2. The Morgan fingerprint density at radius 3 is 2.97 bits per heavy atom. The Kier molecular flexibility index (Phi) is 5.29. The second-order valence-electron chi connectivity index (χ2n) is 7.79. The zero-order chi connectivity index (χ0) is 21.4. The highest BCUT2D eigenvalue weighted by atomic mass is 32.1. The summed E-state index contributed by atoms with van der Waals surface area (Å²) in [7, 11) is 1.64. The van der Waals surface area contributed by atoms with Crippen LogP contribution in [0.4, 0.5) is 16.5 Å². The van der Waals surface area contributed by atoms with E-state index in [9.17, 15) is 9.59 Å². The summed E-state index contributed by atoms with van der Waals surface area (Å²) >= 11 is 1.30. The van der Waals surface area contributed by atoms with Crippen molar-refractivity contribution < 1.29 is 14.3 Å². The lowest BCUT2D eigenvalue weighted by Gasteiger charge is -2.20. The zero-order valence-corrected chi connectivity index (χ0v) is 18.0. The number of aromatic nitrogens is 2. The lowest BCUT2D eigenvalue weighted by atomic mass is 9.98. The Hall–Kier alpha value is -3.04. The van der Waals surface area contributed by atoms with Crippen LogP contribution < -0.4 is 15.1 Å². The SMILES string of the molecule is COC1C=CC2=C(C1)C(=O)N(c1nc(C(=O)Nc3cnccc3N3CCCC3)cs1)C2. The number of hydrogen-bond acceptors (Lipinski definition) is 7. The molecule has 0 spiro atoms. The molecule has 0 radical (unpaired) electrons. The largest absolute Gasteiger partial charge is 0.377 e. The number of pyridine rings is 1. The van der Waals surface area contributed by atoms with E-state index in [4.69, 9.17) is 4.74 Å². The van der Waals surface area contributed by atoms with Gasteiger partial charge < -0.3 is 15.0 Å². The van der Waals surface area contributed by atoms with Crippen LogP contribution in [0.25, 0.3) is 0 Å². The van der Waals surface area contributed by atoms with E-state index in [-0.39, 0.29) is 17.9 Å². The number of rotatable bonds is 5. The van der Waals surface area contributed by atoms with Crippen LogP contribution >= 0.6 is 11.3 Å². The molecule has 4 heterocycles. The van der Waals surface area contributed by atoms with Gasteiger partial charge in [-0.2, -0.15) is 0 Å². The first-order chi connectivity index (χ1) is 15.1. The maximum atomic E-state index is 12.9. The molecule has 31 heavy (non-hydrogen) atoms. The van der Waals surface area contributed by atoms with E-state index in [0.717, 1.165) is 42.8 Å². The highest BCUT2D eigenvalue weighted by Gasteiger charge is 2.35. The number of ether oxygens (including phenoxy) is 1. The average molecular weight is 438 g/mol. The molecule has 1 saturated heterocycles. The first-order valence-electron chi connectivity index (χ1n) is 10.3. The van der Waals surface area contributed by atoms with Gasteiger partial charge in [0.2, 0.25) is 0 Å². The summed E-state index contributed by atoms with van der Waals surface area (Å²) < 4.78 is 5.36. The van der Waals surface area contributed by atoms with E-state index in [1.165, 1.54) is 11.3 Å². The predicted octanol–water partition coefficient (Wildman–Crippen LogP) is 3.01. The Morgan fingerprint density at radius 2 is 2.16 bits per heavy atom. The van der Waals surface area contributed by atoms with Gasteiger partial charge in [0.05, 0.1) is 30.2 Å². The van der Waals surface area contributed by atoms with Gasteiger partial charge >= 0.3 is 0 Å². The molecule has 2 aromatic heterocycles. The van der Waals surface area contributed by atoms with E-state index in [0.29, 0.717) is 29.5 Å². The van der Waals surface area contributed by atoms with E-state index in [1.807, 2.05) is 18.2 Å². The maximum Gasteiger partial charge on any atom is 0.275 e. The third kappa shape index (κ3) is 3.75. The number of nitrogens with zero attached hydrogens (tertiary/aromatic N) is 4. The van der Waals surface area contributed by atoms with Gasteiger partial charge in [0, 0.05) is 43.8 Å². The number of hydrogen-bond donors (Lipinski definition) is 1. The van der Waals surface area contributed by atoms with Crippen molar-refractivity contribution in [2.24, 2.45) is 0 Å². The summed E-state index contributed by atoms with van der Waals surface area (Å²) in [6.07, 6.45) is 10.1. The van der Waals surface area contributed by atoms with Crippen molar-refractivity contribution in [1.29, 1.82) is 0 Å². The molecule has 1 aliphatic carbocycles. The number of nitrogens with one attached hydrogen (secondary N) is 1. The fourth-order valence-electron chi connectivity index (χ4n) is 4.21. The molecule has 2 amide bonds. The van der Waals surface area contributed by atoms with Crippen LogP contribution in [0.3, 0.4) is 0 Å². The first-order valence-corrected chi connectivity index (χ1v) is 11.2. The predicted molar refractivity (Wildman–Crippen MR) is 120 cm³/mol. The first kappa shape index (κ1) is 19.9. The average Bonchev–Trinajstić information content (AvgIpc) is 3.54. The summed E-state index contributed by atoms with van der Waals surface area (Å²) in [4.78, 5) is 38.3. The lowest BCUT2D eigenvalue weighted by Crippen LogP contribution is -2.27. The van der Waals surface area contributed by atoms with Crippen molar-refractivity contribution in [2.45, 2.75) is 25.4 Å². The summed E-state index contributed by atoms with van der Waals surface area (Å²) in [5.41, 5.74) is 3.70. The number of carbonyl (C=O) groups is 2. The number of methoxy groups -OCH3 is 1. The van der Waals surface area contributed by atoms with E-state index >= 15 is 0 Å². The van der Waals surface area contributed by atoms with Crippen LogP contribution in [-0.2, 0) is 9.53 Å². The monoisotopic (exact) mass is 437 g/mol. The van der Waals surface area contributed by atoms with E-state index in [2.05, 4.69) is 20.2 Å². The summed E-state index contributed by atoms with van der Waals surface area (Å²) in [6, 6.07) is 1.92. The number of amides is 2. The third-order valence-electron chi connectivity index (χ3n) is 5.89. The molecule has 0 aromatic carbocycles. The van der Waals surface area contributed by atoms with Crippen LogP contribution in [0.1, 0.15) is 29.8 Å². The molecule has 1 atom stereocenters. The topological polar surface area (TPSA) is 87.7 Å². The molecule has 9 heteroatoms. The molecule has 1 fully saturated rings. The smallest absolute Gasteiger partial charge is 0.275 e. The highest BCUT2D eigenvalue weighted by Crippen LogP contribution is 2.34. The van der Waals surface area contributed by atoms with Crippen molar-refractivity contribution in [2.75, 3.05) is 41.9 Å². The van der Waals surface area contributed by atoms with Crippen molar-refractivity contribution in [3.05, 3.63) is 52.8 Å². The molecule has 0 saturated carbocycles. The second-order valence-corrected chi connectivity index (χ2v) is 8.63. The van der Waals surface area contributed by atoms with Crippen LogP contribution in [0.5, 0.6) is 0 Å². The van der Waals surface area contributed by atoms with Crippen molar-refractivity contribution in [1.82, 2.24) is 9.97 Å². The fourth-order valence-corrected chi connectivity index (χ4v) is 5.02. The van der Waals surface area contributed by atoms with Gasteiger partial charge in [-0.3, -0.25) is 19.5 Å². The Morgan fingerprint density at radius 1 is 1.32 bits per heavy atom. The molecule has 3 aliphatic rings.